The fourth-order valence-electron chi connectivity index (χ4n) is 5.31. The number of hydrogen-bond acceptors (Lipinski definition) is 3. The second kappa shape index (κ2) is 7.79. The molecule has 3 fully saturated rings. The Hall–Kier alpha value is -2.40. The van der Waals surface area contributed by atoms with E-state index in [1.165, 1.54) is 43.6 Å². The average Bonchev–Trinajstić information content (AvgIpc) is 2.78. The SMILES string of the molecule is O=C(OCC1CN2CCC1CC2)N1CCc2ccccc2[C@@H]1c1ccc(F)cc1. The Morgan fingerprint density at radius 2 is 1.79 bits per heavy atom. The van der Waals surface area contributed by atoms with E-state index < -0.39 is 0 Å². The van der Waals surface area contributed by atoms with Gasteiger partial charge in [0, 0.05) is 19.0 Å². The van der Waals surface area contributed by atoms with Crippen molar-refractivity contribution in [3.05, 3.63) is 71.0 Å². The van der Waals surface area contributed by atoms with Gasteiger partial charge in [0.2, 0.25) is 0 Å². The quantitative estimate of drug-likeness (QED) is 0.780. The van der Waals surface area contributed by atoms with Crippen LogP contribution in [0, 0.1) is 17.7 Å². The largest absolute Gasteiger partial charge is 0.449 e. The first kappa shape index (κ1) is 18.6. The van der Waals surface area contributed by atoms with Crippen molar-refractivity contribution in [2.75, 3.05) is 32.8 Å². The summed E-state index contributed by atoms with van der Waals surface area (Å²) >= 11 is 0. The molecule has 4 aliphatic rings. The van der Waals surface area contributed by atoms with Crippen LogP contribution in [0.1, 0.15) is 35.6 Å². The van der Waals surface area contributed by atoms with E-state index in [9.17, 15) is 9.18 Å². The number of piperidine rings is 3. The summed E-state index contributed by atoms with van der Waals surface area (Å²) in [6.07, 6.45) is 2.99. The van der Waals surface area contributed by atoms with Gasteiger partial charge in [0.25, 0.3) is 0 Å². The van der Waals surface area contributed by atoms with Gasteiger partial charge in [-0.2, -0.15) is 0 Å². The Morgan fingerprint density at radius 1 is 1.03 bits per heavy atom. The van der Waals surface area contributed by atoms with Crippen LogP contribution in [0.5, 0.6) is 0 Å². The summed E-state index contributed by atoms with van der Waals surface area (Å²) in [5.74, 6) is 0.861. The van der Waals surface area contributed by atoms with E-state index in [4.69, 9.17) is 4.74 Å². The van der Waals surface area contributed by atoms with Crippen molar-refractivity contribution in [3.8, 4) is 0 Å². The Kier molecular flexibility index (Phi) is 5.00. The molecule has 6 rings (SSSR count). The van der Waals surface area contributed by atoms with Crippen molar-refractivity contribution >= 4 is 6.09 Å². The molecular weight excluding hydrogens is 367 g/mol. The van der Waals surface area contributed by atoms with Crippen LogP contribution >= 0.6 is 0 Å². The zero-order valence-electron chi connectivity index (χ0n) is 16.6. The summed E-state index contributed by atoms with van der Waals surface area (Å²) in [5.41, 5.74) is 3.26. The summed E-state index contributed by atoms with van der Waals surface area (Å²) in [7, 11) is 0. The minimum atomic E-state index is -0.269. The van der Waals surface area contributed by atoms with Crippen LogP contribution in [0.3, 0.4) is 0 Å². The molecule has 1 amide bonds. The summed E-state index contributed by atoms with van der Waals surface area (Å²) in [5, 5.41) is 0. The molecule has 2 aromatic carbocycles. The van der Waals surface area contributed by atoms with E-state index in [-0.39, 0.29) is 18.0 Å². The number of benzene rings is 2. The average molecular weight is 394 g/mol. The summed E-state index contributed by atoms with van der Waals surface area (Å²) in [6, 6.07) is 14.4. The van der Waals surface area contributed by atoms with Gasteiger partial charge in [-0.3, -0.25) is 4.90 Å². The zero-order valence-corrected chi connectivity index (χ0v) is 16.6. The molecule has 2 bridgehead atoms. The zero-order chi connectivity index (χ0) is 19.8. The van der Waals surface area contributed by atoms with Gasteiger partial charge in [0.15, 0.2) is 0 Å². The highest BCUT2D eigenvalue weighted by molar-refractivity contribution is 5.70. The number of carbonyl (C=O) groups excluding carboxylic acids is 1. The Bertz CT molecular complexity index is 877. The first-order valence-electron chi connectivity index (χ1n) is 10.7. The molecule has 4 nitrogen and oxygen atoms in total. The highest BCUT2D eigenvalue weighted by Gasteiger charge is 2.37. The maximum Gasteiger partial charge on any atom is 0.410 e. The summed E-state index contributed by atoms with van der Waals surface area (Å²) < 4.78 is 19.3. The number of ether oxygens (including phenoxy) is 1. The third-order valence-electron chi connectivity index (χ3n) is 6.92. The Balaban J connectivity index is 1.36. The van der Waals surface area contributed by atoms with E-state index in [0.29, 0.717) is 25.0 Å². The molecule has 0 N–H and O–H groups in total. The number of halogens is 1. The van der Waals surface area contributed by atoms with Crippen LogP contribution < -0.4 is 0 Å². The lowest BCUT2D eigenvalue weighted by Gasteiger charge is -2.44. The van der Waals surface area contributed by atoms with Gasteiger partial charge in [-0.15, -0.1) is 0 Å². The van der Waals surface area contributed by atoms with Gasteiger partial charge in [-0.1, -0.05) is 36.4 Å². The number of amides is 1. The molecule has 5 heteroatoms. The first-order valence-corrected chi connectivity index (χ1v) is 10.7. The van der Waals surface area contributed by atoms with Crippen molar-refractivity contribution in [2.24, 2.45) is 11.8 Å². The van der Waals surface area contributed by atoms with Gasteiger partial charge in [-0.25, -0.2) is 9.18 Å². The minimum absolute atomic E-state index is 0.236. The second-order valence-electron chi connectivity index (χ2n) is 8.57. The molecule has 0 spiro atoms. The first-order chi connectivity index (χ1) is 14.2. The predicted molar refractivity (Wildman–Crippen MR) is 109 cm³/mol. The van der Waals surface area contributed by atoms with E-state index in [1.807, 2.05) is 17.0 Å². The lowest BCUT2D eigenvalue weighted by atomic mass is 9.79. The van der Waals surface area contributed by atoms with Crippen molar-refractivity contribution in [2.45, 2.75) is 25.3 Å². The van der Waals surface area contributed by atoms with Crippen molar-refractivity contribution in [1.29, 1.82) is 0 Å². The fourth-order valence-corrected chi connectivity index (χ4v) is 5.31. The molecule has 2 atom stereocenters. The monoisotopic (exact) mass is 394 g/mol. The number of fused-ring (bicyclic) bond motifs is 4. The highest BCUT2D eigenvalue weighted by Crippen LogP contribution is 2.36. The molecule has 152 valence electrons. The lowest BCUT2D eigenvalue weighted by molar-refractivity contribution is 0.00242. The van der Waals surface area contributed by atoms with Crippen molar-refractivity contribution < 1.29 is 13.9 Å². The number of nitrogens with zero attached hydrogens (tertiary/aromatic N) is 2. The normalized spacial score (nSPS) is 28.1. The van der Waals surface area contributed by atoms with Crippen LogP contribution in [-0.2, 0) is 11.2 Å². The molecule has 1 unspecified atom stereocenters. The third-order valence-corrected chi connectivity index (χ3v) is 6.92. The lowest BCUT2D eigenvalue weighted by Crippen LogP contribution is -2.49. The fraction of sp³-hybridized carbons (Fsp3) is 0.458. The molecule has 29 heavy (non-hydrogen) atoms. The molecule has 0 radical (unpaired) electrons. The molecule has 0 aliphatic carbocycles. The highest BCUT2D eigenvalue weighted by atomic mass is 19.1. The van der Waals surface area contributed by atoms with Crippen molar-refractivity contribution in [1.82, 2.24) is 9.80 Å². The van der Waals surface area contributed by atoms with Crippen LogP contribution in [0.4, 0.5) is 9.18 Å². The summed E-state index contributed by atoms with van der Waals surface area (Å²) in [6.45, 7) is 4.52. The summed E-state index contributed by atoms with van der Waals surface area (Å²) in [4.78, 5) is 17.4. The Morgan fingerprint density at radius 3 is 2.52 bits per heavy atom. The topological polar surface area (TPSA) is 32.8 Å². The molecular formula is C24H27FN2O2. The van der Waals surface area contributed by atoms with Gasteiger partial charge in [0.05, 0.1) is 12.6 Å². The predicted octanol–water partition coefficient (Wildman–Crippen LogP) is 4.25. The maximum absolute atomic E-state index is 13.5. The standard InChI is InChI=1S/C24H27FN2O2/c25-21-7-5-19(6-8-21)23-22-4-2-1-3-18(22)11-14-27(23)24(28)29-16-20-15-26-12-9-17(20)10-13-26/h1-8,17,20,23H,9-16H2/t20?,23-/m0/s1. The molecule has 0 saturated carbocycles. The molecule has 2 aromatic rings. The van der Waals surface area contributed by atoms with E-state index in [0.717, 1.165) is 24.1 Å². The molecule has 4 heterocycles. The third kappa shape index (κ3) is 3.64. The number of carbonyl (C=O) groups is 1. The van der Waals surface area contributed by atoms with Gasteiger partial charge >= 0.3 is 6.09 Å². The van der Waals surface area contributed by atoms with Crippen LogP contribution in [0.25, 0.3) is 0 Å². The van der Waals surface area contributed by atoms with Crippen LogP contribution in [0.15, 0.2) is 48.5 Å². The molecule has 4 aliphatic heterocycles. The smallest absolute Gasteiger partial charge is 0.410 e. The minimum Gasteiger partial charge on any atom is -0.449 e. The number of hydrogen-bond donors (Lipinski definition) is 0. The van der Waals surface area contributed by atoms with Gasteiger partial charge in [0.1, 0.15) is 5.82 Å². The van der Waals surface area contributed by atoms with Crippen LogP contribution in [0.2, 0.25) is 0 Å². The van der Waals surface area contributed by atoms with E-state index in [2.05, 4.69) is 17.0 Å². The number of rotatable bonds is 3. The van der Waals surface area contributed by atoms with E-state index >= 15 is 0 Å². The molecule has 3 saturated heterocycles. The maximum atomic E-state index is 13.5. The Labute approximate surface area is 171 Å². The van der Waals surface area contributed by atoms with E-state index in [1.54, 1.807) is 12.1 Å². The van der Waals surface area contributed by atoms with Gasteiger partial charge < -0.3 is 9.64 Å². The van der Waals surface area contributed by atoms with Crippen LogP contribution in [-0.4, -0.2) is 48.7 Å². The second-order valence-corrected chi connectivity index (χ2v) is 8.57. The van der Waals surface area contributed by atoms with Crippen molar-refractivity contribution in [3.63, 3.8) is 0 Å². The van der Waals surface area contributed by atoms with Gasteiger partial charge in [-0.05, 0) is 67.1 Å². The molecule has 0 aromatic heterocycles.